The third kappa shape index (κ3) is 3.72. The zero-order valence-electron chi connectivity index (χ0n) is 11.7. The van der Waals surface area contributed by atoms with Crippen molar-refractivity contribution in [1.82, 2.24) is 0 Å². The second-order valence-corrected chi connectivity index (χ2v) is 5.35. The lowest BCUT2D eigenvalue weighted by Gasteiger charge is -2.22. The summed E-state index contributed by atoms with van der Waals surface area (Å²) in [7, 11) is 0. The van der Waals surface area contributed by atoms with Gasteiger partial charge in [-0.05, 0) is 37.0 Å². The van der Waals surface area contributed by atoms with E-state index in [2.05, 4.69) is 0 Å². The fraction of sp³-hybridized carbons (Fsp3) is 0.562. The molecular weight excluding hydrogens is 238 g/mol. The molecule has 0 amide bonds. The molecule has 0 aromatic heterocycles. The predicted octanol–water partition coefficient (Wildman–Crippen LogP) is 3.82. The SMILES string of the molecule is CCC(=O)c1cc(N)ccc1OCC1CCCCC1. The van der Waals surface area contributed by atoms with Crippen molar-refractivity contribution in [3.05, 3.63) is 23.8 Å². The fourth-order valence-electron chi connectivity index (χ4n) is 2.64. The third-order valence-corrected chi connectivity index (χ3v) is 3.82. The van der Waals surface area contributed by atoms with Crippen LogP contribution in [0.3, 0.4) is 0 Å². The van der Waals surface area contributed by atoms with E-state index >= 15 is 0 Å². The number of hydrogen-bond donors (Lipinski definition) is 1. The van der Waals surface area contributed by atoms with Gasteiger partial charge in [-0.1, -0.05) is 26.2 Å². The monoisotopic (exact) mass is 261 g/mol. The van der Waals surface area contributed by atoms with E-state index in [1.165, 1.54) is 32.1 Å². The van der Waals surface area contributed by atoms with E-state index in [0.717, 1.165) is 0 Å². The molecule has 1 aliphatic carbocycles. The van der Waals surface area contributed by atoms with Gasteiger partial charge in [0.15, 0.2) is 5.78 Å². The summed E-state index contributed by atoms with van der Waals surface area (Å²) in [6, 6.07) is 5.34. The van der Waals surface area contributed by atoms with E-state index in [0.29, 0.717) is 35.9 Å². The Labute approximate surface area is 115 Å². The molecule has 1 aromatic rings. The number of Topliss-reactive ketones (excluding diaryl/α,β-unsaturated/α-hetero) is 1. The molecule has 1 aliphatic rings. The number of hydrogen-bond acceptors (Lipinski definition) is 3. The van der Waals surface area contributed by atoms with Crippen LogP contribution < -0.4 is 10.5 Å². The first kappa shape index (κ1) is 13.9. The topological polar surface area (TPSA) is 52.3 Å². The van der Waals surface area contributed by atoms with Gasteiger partial charge in [-0.2, -0.15) is 0 Å². The Morgan fingerprint density at radius 1 is 1.32 bits per heavy atom. The van der Waals surface area contributed by atoms with Gasteiger partial charge in [0.1, 0.15) is 5.75 Å². The van der Waals surface area contributed by atoms with Crippen molar-refractivity contribution in [3.8, 4) is 5.75 Å². The molecule has 3 heteroatoms. The lowest BCUT2D eigenvalue weighted by Crippen LogP contribution is -2.16. The van der Waals surface area contributed by atoms with E-state index in [1.54, 1.807) is 12.1 Å². The molecule has 2 N–H and O–H groups in total. The summed E-state index contributed by atoms with van der Waals surface area (Å²) in [5.74, 6) is 1.41. The highest BCUT2D eigenvalue weighted by atomic mass is 16.5. The van der Waals surface area contributed by atoms with Gasteiger partial charge in [-0.3, -0.25) is 4.79 Å². The summed E-state index contributed by atoms with van der Waals surface area (Å²) >= 11 is 0. The molecule has 1 saturated carbocycles. The maximum absolute atomic E-state index is 11.9. The molecule has 19 heavy (non-hydrogen) atoms. The van der Waals surface area contributed by atoms with Gasteiger partial charge in [0.2, 0.25) is 0 Å². The molecule has 0 atom stereocenters. The van der Waals surface area contributed by atoms with Crippen LogP contribution in [0.25, 0.3) is 0 Å². The Morgan fingerprint density at radius 3 is 2.74 bits per heavy atom. The summed E-state index contributed by atoms with van der Waals surface area (Å²) in [6.45, 7) is 2.57. The number of ether oxygens (including phenoxy) is 1. The van der Waals surface area contributed by atoms with Crippen LogP contribution in [-0.2, 0) is 0 Å². The van der Waals surface area contributed by atoms with Crippen LogP contribution in [0.2, 0.25) is 0 Å². The summed E-state index contributed by atoms with van der Waals surface area (Å²) in [6.07, 6.45) is 6.91. The van der Waals surface area contributed by atoms with E-state index in [1.807, 2.05) is 13.0 Å². The first-order chi connectivity index (χ1) is 9.20. The largest absolute Gasteiger partial charge is 0.493 e. The highest BCUT2D eigenvalue weighted by molar-refractivity contribution is 5.99. The Bertz CT molecular complexity index is 436. The molecule has 0 spiro atoms. The minimum atomic E-state index is 0.0888. The minimum Gasteiger partial charge on any atom is -0.493 e. The van der Waals surface area contributed by atoms with Crippen molar-refractivity contribution in [1.29, 1.82) is 0 Å². The molecule has 1 fully saturated rings. The Balaban J connectivity index is 2.04. The van der Waals surface area contributed by atoms with Gasteiger partial charge in [0.25, 0.3) is 0 Å². The number of nitrogen functional groups attached to an aromatic ring is 1. The van der Waals surface area contributed by atoms with Crippen LogP contribution in [0.15, 0.2) is 18.2 Å². The molecule has 1 aromatic carbocycles. The van der Waals surface area contributed by atoms with E-state index in [9.17, 15) is 4.79 Å². The zero-order valence-corrected chi connectivity index (χ0v) is 11.7. The second kappa shape index (κ2) is 6.60. The highest BCUT2D eigenvalue weighted by Crippen LogP contribution is 2.27. The maximum atomic E-state index is 11.9. The molecular formula is C16H23NO2. The highest BCUT2D eigenvalue weighted by Gasteiger charge is 2.16. The van der Waals surface area contributed by atoms with Gasteiger partial charge in [-0.25, -0.2) is 0 Å². The van der Waals surface area contributed by atoms with Crippen LogP contribution >= 0.6 is 0 Å². The lowest BCUT2D eigenvalue weighted by atomic mass is 9.90. The molecule has 0 radical (unpaired) electrons. The Hall–Kier alpha value is -1.51. The lowest BCUT2D eigenvalue weighted by molar-refractivity contribution is 0.0982. The number of anilines is 1. The standard InChI is InChI=1S/C16H23NO2/c1-2-15(18)14-10-13(17)8-9-16(14)19-11-12-6-4-3-5-7-12/h8-10,12H,2-7,11,17H2,1H3. The number of ketones is 1. The van der Waals surface area contributed by atoms with Gasteiger partial charge < -0.3 is 10.5 Å². The van der Waals surface area contributed by atoms with E-state index in [-0.39, 0.29) is 5.78 Å². The Morgan fingerprint density at radius 2 is 2.05 bits per heavy atom. The van der Waals surface area contributed by atoms with Crippen LogP contribution in [0.4, 0.5) is 5.69 Å². The summed E-state index contributed by atoms with van der Waals surface area (Å²) in [5.41, 5.74) is 6.99. The van der Waals surface area contributed by atoms with Crippen molar-refractivity contribution in [3.63, 3.8) is 0 Å². The first-order valence-electron chi connectivity index (χ1n) is 7.26. The first-order valence-corrected chi connectivity index (χ1v) is 7.26. The number of benzene rings is 1. The molecule has 2 rings (SSSR count). The van der Waals surface area contributed by atoms with Crippen LogP contribution in [-0.4, -0.2) is 12.4 Å². The summed E-state index contributed by atoms with van der Waals surface area (Å²) in [4.78, 5) is 11.9. The molecule has 0 heterocycles. The predicted molar refractivity (Wildman–Crippen MR) is 77.5 cm³/mol. The third-order valence-electron chi connectivity index (χ3n) is 3.82. The number of rotatable bonds is 5. The average molecular weight is 261 g/mol. The van der Waals surface area contributed by atoms with Crippen LogP contribution in [0.5, 0.6) is 5.75 Å². The summed E-state index contributed by atoms with van der Waals surface area (Å²) in [5, 5.41) is 0. The smallest absolute Gasteiger partial charge is 0.166 e. The number of nitrogens with two attached hydrogens (primary N) is 1. The van der Waals surface area contributed by atoms with Crippen LogP contribution in [0.1, 0.15) is 55.8 Å². The number of carbonyl (C=O) groups excluding carboxylic acids is 1. The zero-order chi connectivity index (χ0) is 13.7. The quantitative estimate of drug-likeness (QED) is 0.647. The normalized spacial score (nSPS) is 16.3. The van der Waals surface area contributed by atoms with Gasteiger partial charge in [0, 0.05) is 12.1 Å². The minimum absolute atomic E-state index is 0.0888. The van der Waals surface area contributed by atoms with Gasteiger partial charge >= 0.3 is 0 Å². The van der Waals surface area contributed by atoms with Crippen LogP contribution in [0, 0.1) is 5.92 Å². The summed E-state index contributed by atoms with van der Waals surface area (Å²) < 4.78 is 5.88. The van der Waals surface area contributed by atoms with Crippen molar-refractivity contribution in [2.45, 2.75) is 45.4 Å². The molecule has 0 aliphatic heterocycles. The Kier molecular flexibility index (Phi) is 4.83. The van der Waals surface area contributed by atoms with Crippen molar-refractivity contribution in [2.75, 3.05) is 12.3 Å². The van der Waals surface area contributed by atoms with E-state index in [4.69, 9.17) is 10.5 Å². The second-order valence-electron chi connectivity index (χ2n) is 5.35. The van der Waals surface area contributed by atoms with Gasteiger partial charge in [-0.15, -0.1) is 0 Å². The molecule has 0 bridgehead atoms. The van der Waals surface area contributed by atoms with Crippen molar-refractivity contribution < 1.29 is 9.53 Å². The average Bonchev–Trinajstić information content (AvgIpc) is 2.46. The van der Waals surface area contributed by atoms with E-state index < -0.39 is 0 Å². The van der Waals surface area contributed by atoms with Crippen molar-refractivity contribution >= 4 is 11.5 Å². The molecule has 0 unspecified atom stereocenters. The maximum Gasteiger partial charge on any atom is 0.166 e. The number of carbonyl (C=O) groups is 1. The fourth-order valence-corrected chi connectivity index (χ4v) is 2.64. The van der Waals surface area contributed by atoms with Gasteiger partial charge in [0.05, 0.1) is 12.2 Å². The molecule has 0 saturated heterocycles. The molecule has 104 valence electrons. The van der Waals surface area contributed by atoms with Crippen molar-refractivity contribution in [2.24, 2.45) is 5.92 Å². The molecule has 3 nitrogen and oxygen atoms in total.